The zero-order valence-electron chi connectivity index (χ0n) is 18.0. The van der Waals surface area contributed by atoms with Crippen molar-refractivity contribution in [3.05, 3.63) is 23.8 Å². The third-order valence-corrected chi connectivity index (χ3v) is 5.29. The first-order valence-corrected chi connectivity index (χ1v) is 10.6. The van der Waals surface area contributed by atoms with E-state index in [4.69, 9.17) is 4.74 Å². The molecule has 7 heteroatoms. The Morgan fingerprint density at radius 2 is 1.97 bits per heavy atom. The molecule has 3 rings (SSSR count). The fraction of sp³-hybridized carbons (Fsp3) is 0.636. The molecule has 3 amide bonds. The highest BCUT2D eigenvalue weighted by Gasteiger charge is 2.30. The fourth-order valence-electron chi connectivity index (χ4n) is 3.61. The molecule has 1 atom stereocenters. The number of nitrogens with one attached hydrogen (secondary N) is 2. The molecule has 2 fully saturated rings. The standard InChI is InChI=1S/C22H34N4O3/c1-15(2)23-22(28)26(14-19-6-5-11-29-19)13-17-12-18(9-10-20(17)25(3)4)24-21(27)16-7-8-16/h9-10,12,15-16,19H,5-8,11,13-14H2,1-4H3,(H,23,28)(H,24,27)/t19-/m0/s1. The Labute approximate surface area is 173 Å². The Bertz CT molecular complexity index is 725. The van der Waals surface area contributed by atoms with E-state index in [1.807, 2.05) is 55.9 Å². The summed E-state index contributed by atoms with van der Waals surface area (Å²) in [4.78, 5) is 28.9. The SMILES string of the molecule is CC(C)NC(=O)N(Cc1cc(NC(=O)C2CC2)ccc1N(C)C)C[C@@H]1CCCO1. The molecule has 1 aliphatic carbocycles. The van der Waals surface area contributed by atoms with Crippen LogP contribution in [0.2, 0.25) is 0 Å². The van der Waals surface area contributed by atoms with E-state index >= 15 is 0 Å². The number of amides is 3. The Morgan fingerprint density at radius 3 is 2.55 bits per heavy atom. The fourth-order valence-corrected chi connectivity index (χ4v) is 3.61. The number of anilines is 2. The predicted octanol–water partition coefficient (Wildman–Crippen LogP) is 3.20. The molecule has 0 bridgehead atoms. The van der Waals surface area contributed by atoms with Gasteiger partial charge in [-0.25, -0.2) is 4.79 Å². The van der Waals surface area contributed by atoms with Crippen LogP contribution in [0.5, 0.6) is 0 Å². The maximum atomic E-state index is 12.9. The van der Waals surface area contributed by atoms with E-state index in [1.165, 1.54) is 0 Å². The molecule has 0 unspecified atom stereocenters. The monoisotopic (exact) mass is 402 g/mol. The first-order valence-electron chi connectivity index (χ1n) is 10.6. The van der Waals surface area contributed by atoms with Crippen LogP contribution in [0, 0.1) is 5.92 Å². The number of ether oxygens (including phenoxy) is 1. The molecule has 160 valence electrons. The number of carbonyl (C=O) groups excluding carboxylic acids is 2. The van der Waals surface area contributed by atoms with Gasteiger partial charge in [0.2, 0.25) is 5.91 Å². The Balaban J connectivity index is 1.80. The summed E-state index contributed by atoms with van der Waals surface area (Å²) in [5.74, 6) is 0.238. The summed E-state index contributed by atoms with van der Waals surface area (Å²) in [6, 6.07) is 5.89. The zero-order valence-corrected chi connectivity index (χ0v) is 18.0. The Hall–Kier alpha value is -2.28. The minimum Gasteiger partial charge on any atom is -0.377 e. The molecule has 2 aliphatic rings. The second-order valence-corrected chi connectivity index (χ2v) is 8.62. The van der Waals surface area contributed by atoms with Crippen molar-refractivity contribution in [2.24, 2.45) is 5.92 Å². The largest absolute Gasteiger partial charge is 0.377 e. The summed E-state index contributed by atoms with van der Waals surface area (Å²) in [7, 11) is 3.97. The zero-order chi connectivity index (χ0) is 21.0. The van der Waals surface area contributed by atoms with Gasteiger partial charge in [0.25, 0.3) is 0 Å². The van der Waals surface area contributed by atoms with Crippen LogP contribution in [0.4, 0.5) is 16.2 Å². The van der Waals surface area contributed by atoms with Crippen molar-refractivity contribution >= 4 is 23.3 Å². The molecule has 1 aliphatic heterocycles. The van der Waals surface area contributed by atoms with Gasteiger partial charge < -0.3 is 25.2 Å². The molecular weight excluding hydrogens is 368 g/mol. The smallest absolute Gasteiger partial charge is 0.317 e. The van der Waals surface area contributed by atoms with Gasteiger partial charge in [0, 0.05) is 57.1 Å². The van der Waals surface area contributed by atoms with Crippen molar-refractivity contribution < 1.29 is 14.3 Å². The molecule has 0 spiro atoms. The highest BCUT2D eigenvalue weighted by molar-refractivity contribution is 5.94. The molecule has 29 heavy (non-hydrogen) atoms. The number of hydrogen-bond donors (Lipinski definition) is 2. The molecular formula is C22H34N4O3. The first kappa shape index (κ1) is 21.4. The van der Waals surface area contributed by atoms with Crippen LogP contribution >= 0.6 is 0 Å². The lowest BCUT2D eigenvalue weighted by Crippen LogP contribution is -2.45. The van der Waals surface area contributed by atoms with Gasteiger partial charge in [0.1, 0.15) is 0 Å². The van der Waals surface area contributed by atoms with Crippen molar-refractivity contribution in [2.75, 3.05) is 37.5 Å². The number of urea groups is 1. The van der Waals surface area contributed by atoms with Crippen molar-refractivity contribution in [2.45, 2.75) is 58.2 Å². The molecule has 2 N–H and O–H groups in total. The number of hydrogen-bond acceptors (Lipinski definition) is 4. The summed E-state index contributed by atoms with van der Waals surface area (Å²) in [5, 5.41) is 6.02. The van der Waals surface area contributed by atoms with Gasteiger partial charge in [0.15, 0.2) is 0 Å². The molecule has 1 aromatic rings. The van der Waals surface area contributed by atoms with Gasteiger partial charge in [0.05, 0.1) is 6.10 Å². The van der Waals surface area contributed by atoms with Crippen molar-refractivity contribution in [1.82, 2.24) is 10.2 Å². The van der Waals surface area contributed by atoms with Crippen LogP contribution in [0.25, 0.3) is 0 Å². The van der Waals surface area contributed by atoms with Gasteiger partial charge >= 0.3 is 6.03 Å². The summed E-state index contributed by atoms with van der Waals surface area (Å²) >= 11 is 0. The van der Waals surface area contributed by atoms with Crippen LogP contribution in [0.15, 0.2) is 18.2 Å². The lowest BCUT2D eigenvalue weighted by Gasteiger charge is -2.29. The number of carbonyl (C=O) groups is 2. The maximum absolute atomic E-state index is 12.9. The molecule has 0 aromatic heterocycles. The average Bonchev–Trinajstić information content (AvgIpc) is 3.38. The van der Waals surface area contributed by atoms with Crippen LogP contribution < -0.4 is 15.5 Å². The Kier molecular flexibility index (Phi) is 7.00. The van der Waals surface area contributed by atoms with Crippen molar-refractivity contribution in [1.29, 1.82) is 0 Å². The molecule has 0 radical (unpaired) electrons. The minimum atomic E-state index is -0.0902. The van der Waals surface area contributed by atoms with Crippen molar-refractivity contribution in [3.8, 4) is 0 Å². The average molecular weight is 403 g/mol. The normalized spacial score (nSPS) is 18.6. The van der Waals surface area contributed by atoms with Crippen LogP contribution in [0.1, 0.15) is 45.1 Å². The van der Waals surface area contributed by atoms with Crippen LogP contribution in [-0.4, -0.2) is 56.2 Å². The van der Waals surface area contributed by atoms with E-state index in [0.29, 0.717) is 13.1 Å². The lowest BCUT2D eigenvalue weighted by molar-refractivity contribution is -0.117. The van der Waals surface area contributed by atoms with E-state index in [9.17, 15) is 9.59 Å². The highest BCUT2D eigenvalue weighted by Crippen LogP contribution is 2.31. The molecule has 1 saturated heterocycles. The van der Waals surface area contributed by atoms with Crippen molar-refractivity contribution in [3.63, 3.8) is 0 Å². The van der Waals surface area contributed by atoms with Crippen LogP contribution in [-0.2, 0) is 16.1 Å². The number of benzene rings is 1. The van der Waals surface area contributed by atoms with Gasteiger partial charge in [-0.2, -0.15) is 0 Å². The second kappa shape index (κ2) is 9.48. The summed E-state index contributed by atoms with van der Waals surface area (Å²) in [5.41, 5.74) is 2.81. The number of rotatable bonds is 8. The second-order valence-electron chi connectivity index (χ2n) is 8.62. The van der Waals surface area contributed by atoms with E-state index in [0.717, 1.165) is 49.2 Å². The summed E-state index contributed by atoms with van der Waals surface area (Å²) < 4.78 is 5.77. The van der Waals surface area contributed by atoms with E-state index in [2.05, 4.69) is 10.6 Å². The van der Waals surface area contributed by atoms with E-state index in [-0.39, 0.29) is 30.0 Å². The third-order valence-electron chi connectivity index (χ3n) is 5.29. The maximum Gasteiger partial charge on any atom is 0.317 e. The van der Waals surface area contributed by atoms with E-state index in [1.54, 1.807) is 0 Å². The predicted molar refractivity (Wildman–Crippen MR) is 115 cm³/mol. The van der Waals surface area contributed by atoms with Crippen LogP contribution in [0.3, 0.4) is 0 Å². The highest BCUT2D eigenvalue weighted by atomic mass is 16.5. The number of nitrogens with zero attached hydrogens (tertiary/aromatic N) is 2. The van der Waals surface area contributed by atoms with Gasteiger partial charge in [-0.05, 0) is 63.3 Å². The Morgan fingerprint density at radius 1 is 1.21 bits per heavy atom. The first-order chi connectivity index (χ1) is 13.8. The minimum absolute atomic E-state index is 0.0620. The molecule has 7 nitrogen and oxygen atoms in total. The van der Waals surface area contributed by atoms with E-state index < -0.39 is 0 Å². The quantitative estimate of drug-likeness (QED) is 0.700. The van der Waals surface area contributed by atoms with Gasteiger partial charge in [-0.1, -0.05) is 0 Å². The summed E-state index contributed by atoms with van der Waals surface area (Å²) in [6.07, 6.45) is 4.03. The van der Waals surface area contributed by atoms with Gasteiger partial charge in [-0.15, -0.1) is 0 Å². The van der Waals surface area contributed by atoms with Gasteiger partial charge in [-0.3, -0.25) is 4.79 Å². The third kappa shape index (κ3) is 6.10. The molecule has 1 saturated carbocycles. The summed E-state index contributed by atoms with van der Waals surface area (Å²) in [6.45, 7) is 5.70. The molecule has 1 heterocycles. The lowest BCUT2D eigenvalue weighted by atomic mass is 10.1. The topological polar surface area (TPSA) is 73.9 Å². The molecule has 1 aromatic carbocycles.